The maximum atomic E-state index is 12.0. The average molecular weight is 253 g/mol. The number of benzene rings is 1. The summed E-state index contributed by atoms with van der Waals surface area (Å²) in [6.45, 7) is 0. The predicted octanol–water partition coefficient (Wildman–Crippen LogP) is 4.49. The van der Waals surface area contributed by atoms with Gasteiger partial charge in [-0.05, 0) is 18.9 Å². The quantitative estimate of drug-likeness (QED) is 0.435. The molecule has 0 bridgehead atoms. The molecule has 0 fully saturated rings. The third kappa shape index (κ3) is 2.45. The number of carbonyl (C=O) groups is 1. The molecule has 3 heteroatoms. The van der Waals surface area contributed by atoms with Crippen LogP contribution in [0.1, 0.15) is 29.6 Å². The lowest BCUT2D eigenvalue weighted by atomic mass is 10.1. The molecular weight excluding hydrogens is 240 g/mol. The fraction of sp³-hybridized carbons (Fsp3) is 0.308. The summed E-state index contributed by atoms with van der Waals surface area (Å²) in [5.74, 6) is 0.875. The lowest BCUT2D eigenvalue weighted by Gasteiger charge is -1.98. The standard InChI is InChI=1S/C13H13ClOS/c14-8-4-3-6-12(15)11-9-16-13-7-2-1-5-10(11)13/h1-2,5,7,9H,3-4,6,8H2. The Morgan fingerprint density at radius 3 is 2.88 bits per heavy atom. The Hall–Kier alpha value is -0.860. The predicted molar refractivity (Wildman–Crippen MR) is 70.7 cm³/mol. The van der Waals surface area contributed by atoms with Crippen molar-refractivity contribution in [2.75, 3.05) is 5.88 Å². The van der Waals surface area contributed by atoms with Gasteiger partial charge in [0, 0.05) is 33.3 Å². The van der Waals surface area contributed by atoms with Crippen LogP contribution in [0.3, 0.4) is 0 Å². The first kappa shape index (κ1) is 11.6. The Bertz CT molecular complexity index is 489. The van der Waals surface area contributed by atoms with Crippen LogP contribution >= 0.6 is 22.9 Å². The first-order valence-corrected chi connectivity index (χ1v) is 6.79. The minimum Gasteiger partial charge on any atom is -0.294 e. The minimum absolute atomic E-state index is 0.238. The van der Waals surface area contributed by atoms with Gasteiger partial charge in [0.1, 0.15) is 0 Å². The third-order valence-corrected chi connectivity index (χ3v) is 3.80. The van der Waals surface area contributed by atoms with Gasteiger partial charge in [-0.2, -0.15) is 0 Å². The van der Waals surface area contributed by atoms with Crippen molar-refractivity contribution in [2.24, 2.45) is 0 Å². The molecule has 0 spiro atoms. The van der Waals surface area contributed by atoms with Gasteiger partial charge in [0.25, 0.3) is 0 Å². The van der Waals surface area contributed by atoms with E-state index in [-0.39, 0.29) is 5.78 Å². The Balaban J connectivity index is 2.17. The molecule has 1 aromatic carbocycles. The van der Waals surface area contributed by atoms with Gasteiger partial charge in [0.15, 0.2) is 5.78 Å². The van der Waals surface area contributed by atoms with Gasteiger partial charge < -0.3 is 0 Å². The van der Waals surface area contributed by atoms with Crippen LogP contribution in [0.5, 0.6) is 0 Å². The molecule has 0 radical (unpaired) electrons. The topological polar surface area (TPSA) is 17.1 Å². The van der Waals surface area contributed by atoms with Crippen molar-refractivity contribution >= 4 is 38.8 Å². The summed E-state index contributed by atoms with van der Waals surface area (Å²) in [6.07, 6.45) is 2.40. The van der Waals surface area contributed by atoms with Crippen molar-refractivity contribution in [3.63, 3.8) is 0 Å². The Labute approximate surface area is 104 Å². The van der Waals surface area contributed by atoms with Gasteiger partial charge in [-0.15, -0.1) is 22.9 Å². The number of Topliss-reactive ketones (excluding diaryl/α,β-unsaturated/α-hetero) is 1. The zero-order chi connectivity index (χ0) is 11.4. The van der Waals surface area contributed by atoms with Gasteiger partial charge in [-0.3, -0.25) is 4.79 Å². The van der Waals surface area contributed by atoms with Crippen molar-refractivity contribution in [3.05, 3.63) is 35.2 Å². The highest BCUT2D eigenvalue weighted by Gasteiger charge is 2.10. The number of thiophene rings is 1. The summed E-state index contributed by atoms with van der Waals surface area (Å²) in [7, 11) is 0. The highest BCUT2D eigenvalue weighted by Crippen LogP contribution is 2.26. The van der Waals surface area contributed by atoms with Crippen LogP contribution in [-0.2, 0) is 0 Å². The molecule has 0 saturated carbocycles. The molecule has 0 N–H and O–H groups in total. The first-order chi connectivity index (χ1) is 7.83. The van der Waals surface area contributed by atoms with Crippen molar-refractivity contribution in [2.45, 2.75) is 19.3 Å². The summed E-state index contributed by atoms with van der Waals surface area (Å²) in [4.78, 5) is 12.0. The number of carbonyl (C=O) groups excluding carboxylic acids is 1. The van der Waals surface area contributed by atoms with E-state index in [1.165, 1.54) is 4.70 Å². The molecule has 0 atom stereocenters. The fourth-order valence-electron chi connectivity index (χ4n) is 1.71. The molecule has 0 amide bonds. The highest BCUT2D eigenvalue weighted by atomic mass is 35.5. The van der Waals surface area contributed by atoms with Gasteiger partial charge >= 0.3 is 0 Å². The summed E-state index contributed by atoms with van der Waals surface area (Å²) in [6, 6.07) is 8.04. The van der Waals surface area contributed by atoms with Crippen LogP contribution in [0, 0.1) is 0 Å². The van der Waals surface area contributed by atoms with Crippen LogP contribution in [0.25, 0.3) is 10.1 Å². The normalized spacial score (nSPS) is 10.8. The van der Waals surface area contributed by atoms with Crippen molar-refractivity contribution in [1.29, 1.82) is 0 Å². The second kappa shape index (κ2) is 5.46. The number of unbranched alkanes of at least 4 members (excludes halogenated alkanes) is 1. The first-order valence-electron chi connectivity index (χ1n) is 5.38. The monoisotopic (exact) mass is 252 g/mol. The Kier molecular flexibility index (Phi) is 3.97. The van der Waals surface area contributed by atoms with E-state index in [9.17, 15) is 4.79 Å². The van der Waals surface area contributed by atoms with E-state index in [1.54, 1.807) is 11.3 Å². The molecule has 0 aliphatic carbocycles. The molecular formula is C13H13ClOS. The molecule has 2 rings (SSSR count). The van der Waals surface area contributed by atoms with Crippen molar-refractivity contribution < 1.29 is 4.79 Å². The lowest BCUT2D eigenvalue weighted by Crippen LogP contribution is -1.97. The van der Waals surface area contributed by atoms with E-state index in [1.807, 2.05) is 23.6 Å². The number of rotatable bonds is 5. The van der Waals surface area contributed by atoms with E-state index in [4.69, 9.17) is 11.6 Å². The van der Waals surface area contributed by atoms with Gasteiger partial charge in [0.05, 0.1) is 0 Å². The number of alkyl halides is 1. The molecule has 16 heavy (non-hydrogen) atoms. The molecule has 1 heterocycles. The Morgan fingerprint density at radius 2 is 2.06 bits per heavy atom. The summed E-state index contributed by atoms with van der Waals surface area (Å²) in [5, 5.41) is 3.05. The van der Waals surface area contributed by atoms with E-state index >= 15 is 0 Å². The Morgan fingerprint density at radius 1 is 1.25 bits per heavy atom. The van der Waals surface area contributed by atoms with Crippen LogP contribution in [0.4, 0.5) is 0 Å². The molecule has 0 unspecified atom stereocenters. The largest absolute Gasteiger partial charge is 0.294 e. The molecule has 0 aliphatic heterocycles. The molecule has 0 saturated heterocycles. The van der Waals surface area contributed by atoms with Crippen molar-refractivity contribution in [3.8, 4) is 0 Å². The second-order valence-corrected chi connectivity index (χ2v) is 5.00. The highest BCUT2D eigenvalue weighted by molar-refractivity contribution is 7.17. The zero-order valence-electron chi connectivity index (χ0n) is 8.91. The van der Waals surface area contributed by atoms with E-state index in [2.05, 4.69) is 6.07 Å². The molecule has 2 aromatic rings. The summed E-state index contributed by atoms with van der Waals surface area (Å²) >= 11 is 7.23. The molecule has 0 aliphatic rings. The van der Waals surface area contributed by atoms with Crippen LogP contribution in [0.15, 0.2) is 29.6 Å². The molecule has 84 valence electrons. The molecule has 1 aromatic heterocycles. The number of hydrogen-bond acceptors (Lipinski definition) is 2. The van der Waals surface area contributed by atoms with E-state index in [0.29, 0.717) is 12.3 Å². The van der Waals surface area contributed by atoms with Gasteiger partial charge in [-0.1, -0.05) is 18.2 Å². The summed E-state index contributed by atoms with van der Waals surface area (Å²) < 4.78 is 1.18. The summed E-state index contributed by atoms with van der Waals surface area (Å²) in [5.41, 5.74) is 0.871. The van der Waals surface area contributed by atoms with Crippen LogP contribution in [-0.4, -0.2) is 11.7 Å². The fourth-order valence-corrected chi connectivity index (χ4v) is 2.86. The number of halogens is 1. The average Bonchev–Trinajstić information content (AvgIpc) is 2.73. The van der Waals surface area contributed by atoms with Crippen molar-refractivity contribution in [1.82, 2.24) is 0 Å². The van der Waals surface area contributed by atoms with E-state index in [0.717, 1.165) is 23.8 Å². The smallest absolute Gasteiger partial charge is 0.164 e. The van der Waals surface area contributed by atoms with E-state index < -0.39 is 0 Å². The number of ketones is 1. The minimum atomic E-state index is 0.238. The van der Waals surface area contributed by atoms with Gasteiger partial charge in [-0.25, -0.2) is 0 Å². The second-order valence-electron chi connectivity index (χ2n) is 3.71. The molecule has 1 nitrogen and oxygen atoms in total. The van der Waals surface area contributed by atoms with Crippen LogP contribution < -0.4 is 0 Å². The zero-order valence-corrected chi connectivity index (χ0v) is 10.5. The maximum absolute atomic E-state index is 12.0. The lowest BCUT2D eigenvalue weighted by molar-refractivity contribution is 0.0982. The maximum Gasteiger partial charge on any atom is 0.164 e. The van der Waals surface area contributed by atoms with Crippen LogP contribution in [0.2, 0.25) is 0 Å². The number of hydrogen-bond donors (Lipinski definition) is 0. The third-order valence-electron chi connectivity index (χ3n) is 2.57. The SMILES string of the molecule is O=C(CCCCCl)c1csc2ccccc12. The number of fused-ring (bicyclic) bond motifs is 1. The van der Waals surface area contributed by atoms with Gasteiger partial charge in [0.2, 0.25) is 0 Å².